The number of nitrogens with one attached hydrogen (secondary N) is 1. The molecule has 1 aromatic heterocycles. The average molecular weight is 477 g/mol. The number of nitriles is 2. The summed E-state index contributed by atoms with van der Waals surface area (Å²) in [7, 11) is 3.18. The number of aryl methyl sites for hydroxylation is 1. The first-order valence-corrected chi connectivity index (χ1v) is 12.4. The molecule has 0 radical (unpaired) electrons. The van der Waals surface area contributed by atoms with E-state index in [0.29, 0.717) is 27.6 Å². The topological polar surface area (TPSA) is 98.4 Å². The maximum atomic E-state index is 13.0. The molecule has 2 aromatic rings. The van der Waals surface area contributed by atoms with Crippen LogP contribution in [0.1, 0.15) is 53.7 Å². The summed E-state index contributed by atoms with van der Waals surface area (Å²) in [4.78, 5) is 16.4. The second kappa shape index (κ2) is 10.6. The fourth-order valence-electron chi connectivity index (χ4n) is 4.65. The van der Waals surface area contributed by atoms with Crippen molar-refractivity contribution in [3.63, 3.8) is 0 Å². The Morgan fingerprint density at radius 2 is 1.79 bits per heavy atom. The smallest absolute Gasteiger partial charge is 0.266 e. The summed E-state index contributed by atoms with van der Waals surface area (Å²) >= 11 is 1.44. The van der Waals surface area contributed by atoms with Gasteiger partial charge in [-0.1, -0.05) is 0 Å². The first-order chi connectivity index (χ1) is 16.6. The van der Waals surface area contributed by atoms with Gasteiger partial charge in [-0.25, -0.2) is 0 Å². The predicted molar refractivity (Wildman–Crippen MR) is 134 cm³/mol. The second-order valence-electron chi connectivity index (χ2n) is 8.46. The summed E-state index contributed by atoms with van der Waals surface area (Å²) < 4.78 is 11.2. The van der Waals surface area contributed by atoms with Crippen molar-refractivity contribution in [2.75, 3.05) is 37.5 Å². The lowest BCUT2D eigenvalue weighted by Gasteiger charge is -2.30. The molecular formula is C26H28N4O3S. The third kappa shape index (κ3) is 4.73. The number of methoxy groups -OCH3 is 2. The highest BCUT2D eigenvalue weighted by Gasteiger charge is 2.23. The molecule has 2 aliphatic rings. The Kier molecular flexibility index (Phi) is 7.40. The molecule has 0 spiro atoms. The van der Waals surface area contributed by atoms with Gasteiger partial charge in [-0.15, -0.1) is 11.3 Å². The van der Waals surface area contributed by atoms with Crippen molar-refractivity contribution < 1.29 is 14.3 Å². The van der Waals surface area contributed by atoms with E-state index in [2.05, 4.69) is 16.3 Å². The van der Waals surface area contributed by atoms with Gasteiger partial charge in [0.1, 0.15) is 34.2 Å². The molecule has 34 heavy (non-hydrogen) atoms. The van der Waals surface area contributed by atoms with Crippen LogP contribution >= 0.6 is 11.3 Å². The molecular weight excluding hydrogens is 448 g/mol. The van der Waals surface area contributed by atoms with Crippen molar-refractivity contribution >= 4 is 34.0 Å². The molecule has 1 aliphatic carbocycles. The number of amides is 1. The van der Waals surface area contributed by atoms with E-state index in [0.717, 1.165) is 67.7 Å². The molecule has 7 nitrogen and oxygen atoms in total. The molecule has 0 saturated carbocycles. The van der Waals surface area contributed by atoms with Gasteiger partial charge >= 0.3 is 0 Å². The van der Waals surface area contributed by atoms with Crippen molar-refractivity contribution in [2.45, 2.75) is 44.9 Å². The van der Waals surface area contributed by atoms with E-state index in [9.17, 15) is 15.3 Å². The summed E-state index contributed by atoms with van der Waals surface area (Å²) in [6.07, 6.45) is 8.89. The number of carbonyl (C=O) groups is 1. The molecule has 176 valence electrons. The van der Waals surface area contributed by atoms with Gasteiger partial charge in [0.25, 0.3) is 5.91 Å². The summed E-state index contributed by atoms with van der Waals surface area (Å²) in [6, 6.07) is 7.95. The van der Waals surface area contributed by atoms with Crippen LogP contribution in [0.25, 0.3) is 6.08 Å². The molecule has 1 fully saturated rings. The summed E-state index contributed by atoms with van der Waals surface area (Å²) in [6.45, 7) is 1.90. The van der Waals surface area contributed by atoms with Crippen LogP contribution < -0.4 is 19.7 Å². The fourth-order valence-corrected chi connectivity index (χ4v) is 5.88. The first-order valence-electron chi connectivity index (χ1n) is 11.6. The number of hydrogen-bond acceptors (Lipinski definition) is 7. The predicted octanol–water partition coefficient (Wildman–Crippen LogP) is 5.05. The molecule has 2 heterocycles. The zero-order valence-electron chi connectivity index (χ0n) is 19.6. The highest BCUT2D eigenvalue weighted by Crippen LogP contribution is 2.39. The lowest BCUT2D eigenvalue weighted by Crippen LogP contribution is -2.29. The Bertz CT molecular complexity index is 1200. The van der Waals surface area contributed by atoms with Crippen molar-refractivity contribution in [3.8, 4) is 23.6 Å². The number of thiophene rings is 1. The number of fused-ring (bicyclic) bond motifs is 1. The molecule has 0 unspecified atom stereocenters. The zero-order valence-corrected chi connectivity index (χ0v) is 20.4. The van der Waals surface area contributed by atoms with E-state index < -0.39 is 5.91 Å². The molecule has 8 heteroatoms. The van der Waals surface area contributed by atoms with E-state index in [1.165, 1.54) is 23.8 Å². The number of benzene rings is 1. The van der Waals surface area contributed by atoms with Crippen molar-refractivity contribution in [3.05, 3.63) is 39.3 Å². The van der Waals surface area contributed by atoms with E-state index in [4.69, 9.17) is 9.47 Å². The van der Waals surface area contributed by atoms with Crippen LogP contribution in [0.3, 0.4) is 0 Å². The summed E-state index contributed by atoms with van der Waals surface area (Å²) in [5, 5.41) is 22.7. The van der Waals surface area contributed by atoms with Crippen LogP contribution in [0.15, 0.2) is 17.7 Å². The minimum atomic E-state index is -0.543. The number of anilines is 2. The fraction of sp³-hybridized carbons (Fsp3) is 0.423. The van der Waals surface area contributed by atoms with Crippen LogP contribution in [-0.4, -0.2) is 33.2 Å². The van der Waals surface area contributed by atoms with Gasteiger partial charge in [-0.3, -0.25) is 4.79 Å². The van der Waals surface area contributed by atoms with Crippen molar-refractivity contribution in [1.29, 1.82) is 10.5 Å². The molecule has 1 amide bonds. The first kappa shape index (κ1) is 23.7. The Morgan fingerprint density at radius 3 is 2.47 bits per heavy atom. The van der Waals surface area contributed by atoms with Crippen LogP contribution in [0.2, 0.25) is 0 Å². The molecule has 1 aliphatic heterocycles. The van der Waals surface area contributed by atoms with Crippen molar-refractivity contribution in [2.24, 2.45) is 0 Å². The molecule has 1 aromatic carbocycles. The molecule has 1 N–H and O–H groups in total. The third-order valence-corrected chi connectivity index (χ3v) is 7.61. The van der Waals surface area contributed by atoms with E-state index in [1.807, 2.05) is 12.1 Å². The number of hydrogen-bond donors (Lipinski definition) is 1. The third-order valence-electron chi connectivity index (χ3n) is 6.40. The van der Waals surface area contributed by atoms with Gasteiger partial charge in [0, 0.05) is 29.6 Å². The second-order valence-corrected chi connectivity index (χ2v) is 9.57. The minimum Gasteiger partial charge on any atom is -0.496 e. The normalized spacial score (nSPS) is 15.6. The molecule has 4 rings (SSSR count). The Labute approximate surface area is 204 Å². The maximum Gasteiger partial charge on any atom is 0.266 e. The number of piperidine rings is 1. The zero-order chi connectivity index (χ0) is 24.1. The van der Waals surface area contributed by atoms with Crippen LogP contribution in [-0.2, 0) is 17.6 Å². The van der Waals surface area contributed by atoms with Crippen LogP contribution in [0.5, 0.6) is 11.5 Å². The SMILES string of the molecule is COc1cc(N2CCCCC2)c(OC)cc1C=C(C#N)C(=O)Nc1sc2c(c1C#N)CCCC2. The standard InChI is InChI=1S/C26H28N4O3S/c1-32-22-14-21(30-10-6-3-7-11-30)23(33-2)13-17(22)12-18(15-27)25(31)29-26-20(16-28)19-8-4-5-9-24(19)34-26/h12-14H,3-11H2,1-2H3,(H,29,31). The van der Waals surface area contributed by atoms with Crippen LogP contribution in [0.4, 0.5) is 10.7 Å². The highest BCUT2D eigenvalue weighted by molar-refractivity contribution is 7.16. The Hall–Kier alpha value is -3.49. The maximum absolute atomic E-state index is 13.0. The Balaban J connectivity index is 1.64. The van der Waals surface area contributed by atoms with Crippen molar-refractivity contribution in [1.82, 2.24) is 0 Å². The minimum absolute atomic E-state index is 0.0682. The molecule has 0 bridgehead atoms. The number of carbonyl (C=O) groups excluding carboxylic acids is 1. The van der Waals surface area contributed by atoms with Gasteiger partial charge in [-0.05, 0) is 62.7 Å². The molecule has 0 atom stereocenters. The summed E-state index contributed by atoms with van der Waals surface area (Å²) in [5.41, 5.74) is 3.02. The van der Waals surface area contributed by atoms with Gasteiger partial charge in [0.05, 0.1) is 25.5 Å². The lowest BCUT2D eigenvalue weighted by atomic mass is 9.96. The van der Waals surface area contributed by atoms with E-state index in [1.54, 1.807) is 20.3 Å². The van der Waals surface area contributed by atoms with Gasteiger partial charge < -0.3 is 19.7 Å². The molecule has 1 saturated heterocycles. The Morgan fingerprint density at radius 1 is 1.06 bits per heavy atom. The highest BCUT2D eigenvalue weighted by atomic mass is 32.1. The van der Waals surface area contributed by atoms with E-state index in [-0.39, 0.29) is 5.57 Å². The largest absolute Gasteiger partial charge is 0.496 e. The van der Waals surface area contributed by atoms with Gasteiger partial charge in [0.2, 0.25) is 0 Å². The summed E-state index contributed by atoms with van der Waals surface area (Å²) in [5.74, 6) is 0.689. The number of ether oxygens (including phenoxy) is 2. The van der Waals surface area contributed by atoms with E-state index >= 15 is 0 Å². The van der Waals surface area contributed by atoms with Gasteiger partial charge in [0.15, 0.2) is 0 Å². The monoisotopic (exact) mass is 476 g/mol. The average Bonchev–Trinajstić information content (AvgIpc) is 3.23. The van der Waals surface area contributed by atoms with Gasteiger partial charge in [-0.2, -0.15) is 10.5 Å². The van der Waals surface area contributed by atoms with Crippen LogP contribution in [0, 0.1) is 22.7 Å². The number of nitrogens with zero attached hydrogens (tertiary/aromatic N) is 3. The number of rotatable bonds is 6. The lowest BCUT2D eigenvalue weighted by molar-refractivity contribution is -0.112. The quantitative estimate of drug-likeness (QED) is 0.463.